The second kappa shape index (κ2) is 4.16. The summed E-state index contributed by atoms with van der Waals surface area (Å²) in [5.41, 5.74) is 1.20. The third kappa shape index (κ3) is 1.84. The molecule has 1 fully saturated rings. The number of nitrogens with one attached hydrogen (secondary N) is 1. The van der Waals surface area contributed by atoms with Gasteiger partial charge in [-0.1, -0.05) is 12.0 Å². The fourth-order valence-electron chi connectivity index (χ4n) is 2.43. The van der Waals surface area contributed by atoms with E-state index in [9.17, 15) is 0 Å². The number of allylic oxidation sites excluding steroid dienone is 1. The van der Waals surface area contributed by atoms with Crippen LogP contribution in [0.3, 0.4) is 0 Å². The summed E-state index contributed by atoms with van der Waals surface area (Å²) in [5, 5.41) is 3.41. The van der Waals surface area contributed by atoms with E-state index in [-0.39, 0.29) is 0 Å². The molecule has 76 valence electrons. The molecule has 2 heteroatoms. The number of hydrogen-bond acceptors (Lipinski definition) is 2. The second-order valence-electron chi connectivity index (χ2n) is 4.23. The Bertz CT molecular complexity index is 275. The standard InChI is InChI=1S/C12H18N2/c1-3-11-4-5-12(8-11)14-7-6-13-9-10(14)2/h1,8,10,12-13H,4-7,9H2,2H3/t10-,12-/m1/s1. The first-order chi connectivity index (χ1) is 6.81. The number of rotatable bonds is 1. The molecule has 0 amide bonds. The lowest BCUT2D eigenvalue weighted by molar-refractivity contribution is 0.139. The third-order valence-corrected chi connectivity index (χ3v) is 3.27. The molecule has 0 unspecified atom stereocenters. The van der Waals surface area contributed by atoms with Crippen LogP contribution in [0.15, 0.2) is 11.6 Å². The Morgan fingerprint density at radius 1 is 1.64 bits per heavy atom. The van der Waals surface area contributed by atoms with Crippen LogP contribution in [-0.4, -0.2) is 36.6 Å². The van der Waals surface area contributed by atoms with E-state index >= 15 is 0 Å². The topological polar surface area (TPSA) is 15.3 Å². The molecule has 1 aliphatic heterocycles. The predicted molar refractivity (Wildman–Crippen MR) is 59.0 cm³/mol. The summed E-state index contributed by atoms with van der Waals surface area (Å²) in [6.45, 7) is 5.66. The van der Waals surface area contributed by atoms with Gasteiger partial charge in [-0.05, 0) is 25.3 Å². The first-order valence-corrected chi connectivity index (χ1v) is 5.45. The smallest absolute Gasteiger partial charge is 0.0297 e. The zero-order valence-corrected chi connectivity index (χ0v) is 8.79. The second-order valence-corrected chi connectivity index (χ2v) is 4.23. The van der Waals surface area contributed by atoms with Crippen LogP contribution in [0.1, 0.15) is 19.8 Å². The van der Waals surface area contributed by atoms with Crippen LogP contribution in [0.5, 0.6) is 0 Å². The highest BCUT2D eigenvalue weighted by Gasteiger charge is 2.27. The van der Waals surface area contributed by atoms with Gasteiger partial charge in [0, 0.05) is 31.7 Å². The zero-order valence-electron chi connectivity index (χ0n) is 8.79. The molecular formula is C12H18N2. The maximum absolute atomic E-state index is 5.41. The fraction of sp³-hybridized carbons (Fsp3) is 0.667. The quantitative estimate of drug-likeness (QED) is 0.621. The number of nitrogens with zero attached hydrogens (tertiary/aromatic N) is 1. The van der Waals surface area contributed by atoms with Crippen LogP contribution in [-0.2, 0) is 0 Å². The van der Waals surface area contributed by atoms with Crippen molar-refractivity contribution in [3.05, 3.63) is 11.6 Å². The molecule has 1 N–H and O–H groups in total. The Morgan fingerprint density at radius 2 is 2.50 bits per heavy atom. The Kier molecular flexibility index (Phi) is 2.90. The molecule has 1 heterocycles. The normalized spacial score (nSPS) is 33.9. The lowest BCUT2D eigenvalue weighted by Gasteiger charge is -2.37. The molecule has 2 rings (SSSR count). The van der Waals surface area contributed by atoms with Crippen LogP contribution >= 0.6 is 0 Å². The van der Waals surface area contributed by atoms with Gasteiger partial charge in [0.15, 0.2) is 0 Å². The summed E-state index contributed by atoms with van der Waals surface area (Å²) in [6.07, 6.45) is 10.00. The van der Waals surface area contributed by atoms with Gasteiger partial charge in [0.25, 0.3) is 0 Å². The molecule has 2 nitrogen and oxygen atoms in total. The van der Waals surface area contributed by atoms with Gasteiger partial charge in [-0.3, -0.25) is 4.90 Å². The van der Waals surface area contributed by atoms with Gasteiger partial charge in [0.05, 0.1) is 0 Å². The summed E-state index contributed by atoms with van der Waals surface area (Å²) in [5.74, 6) is 2.77. The summed E-state index contributed by atoms with van der Waals surface area (Å²) in [6, 6.07) is 1.24. The van der Waals surface area contributed by atoms with Crippen molar-refractivity contribution in [1.82, 2.24) is 10.2 Å². The highest BCUT2D eigenvalue weighted by atomic mass is 15.2. The van der Waals surface area contributed by atoms with Gasteiger partial charge in [0.1, 0.15) is 0 Å². The fourth-order valence-corrected chi connectivity index (χ4v) is 2.43. The van der Waals surface area contributed by atoms with Crippen LogP contribution < -0.4 is 5.32 Å². The maximum atomic E-state index is 5.41. The van der Waals surface area contributed by atoms with E-state index in [0.717, 1.165) is 26.1 Å². The SMILES string of the molecule is C#CC1=C[C@H](N2CCNC[C@H]2C)CC1. The lowest BCUT2D eigenvalue weighted by Crippen LogP contribution is -2.52. The van der Waals surface area contributed by atoms with Crippen LogP contribution in [0, 0.1) is 12.3 Å². The molecule has 2 aliphatic rings. The molecule has 2 atom stereocenters. The summed E-state index contributed by atoms with van der Waals surface area (Å²) in [7, 11) is 0. The first kappa shape index (κ1) is 9.76. The van der Waals surface area contributed by atoms with Crippen molar-refractivity contribution in [3.63, 3.8) is 0 Å². The van der Waals surface area contributed by atoms with Gasteiger partial charge in [-0.2, -0.15) is 0 Å². The molecule has 0 bridgehead atoms. The van der Waals surface area contributed by atoms with Crippen molar-refractivity contribution < 1.29 is 0 Å². The zero-order chi connectivity index (χ0) is 9.97. The minimum absolute atomic E-state index is 0.596. The minimum atomic E-state index is 0.596. The molecule has 0 aromatic rings. The van der Waals surface area contributed by atoms with Crippen LogP contribution in [0.4, 0.5) is 0 Å². The van der Waals surface area contributed by atoms with Crippen molar-refractivity contribution in [2.75, 3.05) is 19.6 Å². The van der Waals surface area contributed by atoms with Crippen molar-refractivity contribution >= 4 is 0 Å². The molecule has 1 saturated heterocycles. The van der Waals surface area contributed by atoms with E-state index < -0.39 is 0 Å². The van der Waals surface area contributed by atoms with Crippen LogP contribution in [0.25, 0.3) is 0 Å². The number of piperazine rings is 1. The Labute approximate surface area is 86.4 Å². The van der Waals surface area contributed by atoms with E-state index in [2.05, 4.69) is 29.1 Å². The Balaban J connectivity index is 2.01. The Hall–Kier alpha value is -0.780. The summed E-state index contributed by atoms with van der Waals surface area (Å²) in [4.78, 5) is 2.57. The van der Waals surface area contributed by atoms with Crippen LogP contribution in [0.2, 0.25) is 0 Å². The molecule has 14 heavy (non-hydrogen) atoms. The molecule has 0 spiro atoms. The van der Waals surface area contributed by atoms with Gasteiger partial charge >= 0.3 is 0 Å². The van der Waals surface area contributed by atoms with Crippen molar-refractivity contribution in [3.8, 4) is 12.3 Å². The summed E-state index contributed by atoms with van der Waals surface area (Å²) < 4.78 is 0. The molecule has 0 aromatic carbocycles. The average molecular weight is 190 g/mol. The highest BCUT2D eigenvalue weighted by Crippen LogP contribution is 2.24. The van der Waals surface area contributed by atoms with Gasteiger partial charge < -0.3 is 5.32 Å². The maximum Gasteiger partial charge on any atom is 0.0297 e. The van der Waals surface area contributed by atoms with E-state index in [1.54, 1.807) is 0 Å². The summed E-state index contributed by atoms with van der Waals surface area (Å²) >= 11 is 0. The highest BCUT2D eigenvalue weighted by molar-refractivity contribution is 5.31. The van der Waals surface area contributed by atoms with Crippen molar-refractivity contribution in [2.45, 2.75) is 31.8 Å². The van der Waals surface area contributed by atoms with Crippen molar-refractivity contribution in [2.24, 2.45) is 0 Å². The molecule has 0 radical (unpaired) electrons. The molecule has 1 aliphatic carbocycles. The third-order valence-electron chi connectivity index (χ3n) is 3.27. The monoisotopic (exact) mass is 190 g/mol. The number of terminal acetylenes is 1. The molecular weight excluding hydrogens is 172 g/mol. The Morgan fingerprint density at radius 3 is 3.14 bits per heavy atom. The molecule has 0 aromatic heterocycles. The largest absolute Gasteiger partial charge is 0.314 e. The van der Waals surface area contributed by atoms with Gasteiger partial charge in [-0.15, -0.1) is 6.42 Å². The van der Waals surface area contributed by atoms with E-state index in [0.29, 0.717) is 12.1 Å². The van der Waals surface area contributed by atoms with E-state index in [1.807, 2.05) is 0 Å². The van der Waals surface area contributed by atoms with Crippen molar-refractivity contribution in [1.29, 1.82) is 0 Å². The minimum Gasteiger partial charge on any atom is -0.314 e. The molecule has 0 saturated carbocycles. The average Bonchev–Trinajstić information content (AvgIpc) is 2.67. The first-order valence-electron chi connectivity index (χ1n) is 5.45. The van der Waals surface area contributed by atoms with Gasteiger partial charge in [-0.25, -0.2) is 0 Å². The lowest BCUT2D eigenvalue weighted by atomic mass is 10.1. The number of hydrogen-bond donors (Lipinski definition) is 1. The van der Waals surface area contributed by atoms with E-state index in [1.165, 1.54) is 12.0 Å². The van der Waals surface area contributed by atoms with E-state index in [4.69, 9.17) is 6.42 Å². The predicted octanol–water partition coefficient (Wildman–Crippen LogP) is 1.00. The van der Waals surface area contributed by atoms with Gasteiger partial charge in [0.2, 0.25) is 0 Å².